The third-order valence-corrected chi connectivity index (χ3v) is 6.67. The topological polar surface area (TPSA) is 113 Å². The molecule has 1 amide bonds. The van der Waals surface area contributed by atoms with E-state index in [1.54, 1.807) is 19.4 Å². The molecule has 3 aromatic heterocycles. The number of methoxy groups -OCH3 is 1. The van der Waals surface area contributed by atoms with Crippen LogP contribution in [0.15, 0.2) is 36.7 Å². The first-order chi connectivity index (χ1) is 16.6. The number of β-amino-alcohol motifs (C(OH)–C–C–N with tert-alkyl or cyclic N) is 1. The van der Waals surface area contributed by atoms with Gasteiger partial charge in [-0.05, 0) is 61.7 Å². The van der Waals surface area contributed by atoms with E-state index in [-0.39, 0.29) is 5.91 Å². The number of amides is 1. The van der Waals surface area contributed by atoms with E-state index in [1.807, 2.05) is 18.3 Å². The fraction of sp³-hybridized carbons (Fsp3) is 0.440. The molecule has 2 aliphatic rings. The molecule has 9 heteroatoms. The molecule has 0 aliphatic carbocycles. The zero-order valence-corrected chi connectivity index (χ0v) is 19.3. The number of aryl methyl sites for hydroxylation is 1. The van der Waals surface area contributed by atoms with Crippen LogP contribution in [0.2, 0.25) is 0 Å². The third-order valence-electron chi connectivity index (χ3n) is 6.67. The summed E-state index contributed by atoms with van der Waals surface area (Å²) in [5, 5.41) is 17.4. The predicted octanol–water partition coefficient (Wildman–Crippen LogP) is 2.21. The lowest BCUT2D eigenvalue weighted by Gasteiger charge is -2.33. The minimum Gasteiger partial charge on any atom is -0.481 e. The fourth-order valence-corrected chi connectivity index (χ4v) is 4.74. The Labute approximate surface area is 198 Å². The number of ether oxygens (including phenoxy) is 1. The molecule has 34 heavy (non-hydrogen) atoms. The van der Waals surface area contributed by atoms with Crippen LogP contribution in [0.4, 0.5) is 5.82 Å². The number of aliphatic hydroxyl groups excluding tert-OH is 1. The second-order valence-corrected chi connectivity index (χ2v) is 8.99. The van der Waals surface area contributed by atoms with Crippen molar-refractivity contribution in [2.24, 2.45) is 0 Å². The Morgan fingerprint density at radius 3 is 2.91 bits per heavy atom. The van der Waals surface area contributed by atoms with Crippen LogP contribution >= 0.6 is 0 Å². The minimum absolute atomic E-state index is 0.0378. The summed E-state index contributed by atoms with van der Waals surface area (Å²) in [6.07, 6.45) is 6.22. The molecule has 0 saturated carbocycles. The lowest BCUT2D eigenvalue weighted by Crippen LogP contribution is -2.43. The molecule has 5 heterocycles. The summed E-state index contributed by atoms with van der Waals surface area (Å²) in [5.74, 6) is 1.25. The molecule has 0 aromatic carbocycles. The van der Waals surface area contributed by atoms with Gasteiger partial charge in [-0.1, -0.05) is 0 Å². The van der Waals surface area contributed by atoms with E-state index >= 15 is 0 Å². The van der Waals surface area contributed by atoms with E-state index in [4.69, 9.17) is 4.74 Å². The number of nitrogens with one attached hydrogen (secondary N) is 2. The highest BCUT2D eigenvalue weighted by Crippen LogP contribution is 2.25. The summed E-state index contributed by atoms with van der Waals surface area (Å²) in [6.45, 7) is 3.16. The Morgan fingerprint density at radius 1 is 1.24 bits per heavy atom. The van der Waals surface area contributed by atoms with Gasteiger partial charge in [-0.25, -0.2) is 9.97 Å². The zero-order valence-electron chi connectivity index (χ0n) is 19.3. The number of aliphatic hydroxyl groups is 1. The van der Waals surface area contributed by atoms with Crippen molar-refractivity contribution < 1.29 is 14.6 Å². The first-order valence-electron chi connectivity index (χ1n) is 11.8. The van der Waals surface area contributed by atoms with Crippen molar-refractivity contribution in [3.8, 4) is 5.88 Å². The van der Waals surface area contributed by atoms with E-state index in [2.05, 4.69) is 36.6 Å². The van der Waals surface area contributed by atoms with Crippen molar-refractivity contribution in [1.82, 2.24) is 25.2 Å². The minimum atomic E-state index is -0.642. The molecular formula is C25H30N6O3. The maximum absolute atomic E-state index is 11.5. The molecule has 0 bridgehead atoms. The lowest BCUT2D eigenvalue weighted by molar-refractivity contribution is -0.116. The van der Waals surface area contributed by atoms with Crippen LogP contribution < -0.4 is 15.4 Å². The van der Waals surface area contributed by atoms with Crippen LogP contribution in [0.1, 0.15) is 42.1 Å². The average molecular weight is 463 g/mol. The first-order valence-corrected chi connectivity index (χ1v) is 11.8. The normalized spacial score (nSPS) is 17.9. The molecule has 1 atom stereocenters. The van der Waals surface area contributed by atoms with Gasteiger partial charge in [0.25, 0.3) is 0 Å². The molecule has 3 N–H and O–H groups in total. The second kappa shape index (κ2) is 10.0. The summed E-state index contributed by atoms with van der Waals surface area (Å²) in [5.41, 5.74) is 4.46. The molecule has 5 rings (SSSR count). The smallest absolute Gasteiger partial charge is 0.225 e. The SMILES string of the molecule is COc1ccc2nccc(C(O)CN3CCC(NCc4cnc5c(c4)CCC(=O)N5)CC3)c2n1. The zero-order chi connectivity index (χ0) is 23.5. The lowest BCUT2D eigenvalue weighted by atomic mass is 10.0. The van der Waals surface area contributed by atoms with E-state index in [9.17, 15) is 9.90 Å². The summed E-state index contributed by atoms with van der Waals surface area (Å²) in [4.78, 5) is 27.1. The number of rotatable bonds is 7. The van der Waals surface area contributed by atoms with Crippen molar-refractivity contribution in [1.29, 1.82) is 0 Å². The highest BCUT2D eigenvalue weighted by molar-refractivity contribution is 5.92. The van der Waals surface area contributed by atoms with Crippen LogP contribution in [0.5, 0.6) is 5.88 Å². The second-order valence-electron chi connectivity index (χ2n) is 8.99. The Balaban J connectivity index is 1.13. The monoisotopic (exact) mass is 462 g/mol. The number of anilines is 1. The molecule has 0 radical (unpaired) electrons. The standard InChI is InChI=1S/C25H30N6O3/c1-34-23-5-3-20-24(30-23)19(6-9-26-20)21(32)15-31-10-7-18(8-11-31)27-13-16-12-17-2-4-22(33)29-25(17)28-14-16/h3,5-6,9,12,14,18,21,27,32H,2,4,7-8,10-11,13,15H2,1H3,(H,28,29,33). The highest BCUT2D eigenvalue weighted by Gasteiger charge is 2.23. The van der Waals surface area contributed by atoms with Crippen molar-refractivity contribution in [2.45, 2.75) is 44.4 Å². The van der Waals surface area contributed by atoms with Crippen LogP contribution in [-0.4, -0.2) is 63.7 Å². The van der Waals surface area contributed by atoms with Crippen molar-refractivity contribution in [3.05, 3.63) is 53.3 Å². The van der Waals surface area contributed by atoms with Gasteiger partial charge in [0.1, 0.15) is 5.82 Å². The molecule has 1 saturated heterocycles. The molecule has 0 spiro atoms. The van der Waals surface area contributed by atoms with Gasteiger partial charge in [0.05, 0.1) is 24.2 Å². The van der Waals surface area contributed by atoms with Crippen molar-refractivity contribution in [3.63, 3.8) is 0 Å². The van der Waals surface area contributed by atoms with Crippen LogP contribution in [0.3, 0.4) is 0 Å². The summed E-state index contributed by atoms with van der Waals surface area (Å²) < 4.78 is 5.25. The quantitative estimate of drug-likeness (QED) is 0.490. The summed E-state index contributed by atoms with van der Waals surface area (Å²) in [7, 11) is 1.58. The summed E-state index contributed by atoms with van der Waals surface area (Å²) >= 11 is 0. The number of nitrogens with zero attached hydrogens (tertiary/aromatic N) is 4. The van der Waals surface area contributed by atoms with E-state index < -0.39 is 6.10 Å². The molecule has 1 fully saturated rings. The van der Waals surface area contributed by atoms with Gasteiger partial charge < -0.3 is 25.4 Å². The molecular weight excluding hydrogens is 432 g/mol. The number of carbonyl (C=O) groups is 1. The molecule has 178 valence electrons. The van der Waals surface area contributed by atoms with Gasteiger partial charge >= 0.3 is 0 Å². The Kier molecular flexibility index (Phi) is 6.66. The van der Waals surface area contributed by atoms with Crippen molar-refractivity contribution in [2.75, 3.05) is 32.1 Å². The number of carbonyl (C=O) groups excluding carboxylic acids is 1. The maximum Gasteiger partial charge on any atom is 0.225 e. The Morgan fingerprint density at radius 2 is 2.09 bits per heavy atom. The number of hydrogen-bond donors (Lipinski definition) is 3. The maximum atomic E-state index is 11.5. The fourth-order valence-electron chi connectivity index (χ4n) is 4.74. The number of hydrogen-bond acceptors (Lipinski definition) is 8. The first kappa shape index (κ1) is 22.6. The third kappa shape index (κ3) is 5.01. The van der Waals surface area contributed by atoms with E-state index in [1.165, 1.54) is 0 Å². The van der Waals surface area contributed by atoms with Gasteiger partial charge in [-0.3, -0.25) is 9.78 Å². The number of likely N-dealkylation sites (tertiary alicyclic amines) is 1. The summed E-state index contributed by atoms with van der Waals surface area (Å²) in [6, 6.07) is 8.05. The molecule has 1 unspecified atom stereocenters. The van der Waals surface area contributed by atoms with Crippen LogP contribution in [-0.2, 0) is 17.8 Å². The molecule has 9 nitrogen and oxygen atoms in total. The average Bonchev–Trinajstić information content (AvgIpc) is 2.87. The number of fused-ring (bicyclic) bond motifs is 2. The molecule has 3 aromatic rings. The van der Waals surface area contributed by atoms with Gasteiger partial charge in [0.2, 0.25) is 11.8 Å². The number of aromatic nitrogens is 3. The van der Waals surface area contributed by atoms with Gasteiger partial charge in [-0.2, -0.15) is 0 Å². The molecule has 2 aliphatic heterocycles. The van der Waals surface area contributed by atoms with Gasteiger partial charge in [0, 0.05) is 49.6 Å². The van der Waals surface area contributed by atoms with Crippen LogP contribution in [0.25, 0.3) is 11.0 Å². The largest absolute Gasteiger partial charge is 0.481 e. The van der Waals surface area contributed by atoms with E-state index in [0.29, 0.717) is 36.2 Å². The predicted molar refractivity (Wildman–Crippen MR) is 129 cm³/mol. The van der Waals surface area contributed by atoms with E-state index in [0.717, 1.165) is 61.1 Å². The highest BCUT2D eigenvalue weighted by atomic mass is 16.5. The number of pyridine rings is 3. The van der Waals surface area contributed by atoms with Crippen LogP contribution in [0, 0.1) is 0 Å². The Bertz CT molecular complexity index is 1180. The van der Waals surface area contributed by atoms with Gasteiger partial charge in [-0.15, -0.1) is 0 Å². The van der Waals surface area contributed by atoms with Gasteiger partial charge in [0.15, 0.2) is 0 Å². The Hall–Kier alpha value is -3.14. The van der Waals surface area contributed by atoms with Crippen molar-refractivity contribution >= 4 is 22.8 Å². The number of piperidine rings is 1.